The molecule has 0 bridgehead atoms. The van der Waals surface area contributed by atoms with Gasteiger partial charge in [-0.2, -0.15) is 72.8 Å². The quantitative estimate of drug-likeness (QED) is 0.534. The minimum absolute atomic E-state index is 1.50. The summed E-state index contributed by atoms with van der Waals surface area (Å²) >= 11 is 1.50. The smallest absolute Gasteiger partial charge is 0.171 e. The Labute approximate surface area is 95.5 Å². The molecule has 2 aromatic carbocycles. The van der Waals surface area contributed by atoms with Crippen molar-refractivity contribution in [3.63, 3.8) is 0 Å². The molecule has 0 saturated heterocycles. The first-order valence-corrected chi connectivity index (χ1v) is 4.59. The van der Waals surface area contributed by atoms with E-state index < -0.39 is 0 Å². The summed E-state index contributed by atoms with van der Waals surface area (Å²) in [7, 11) is 0. The summed E-state index contributed by atoms with van der Waals surface area (Å²) < 4.78 is 8.10. The Bertz CT molecular complexity index is 199. The molecule has 14 heavy (non-hydrogen) atoms. The molecule has 0 aliphatic rings. The average molecular weight is 277 g/mol. The first kappa shape index (κ1) is 12.9. The zero-order chi connectivity index (χ0) is 10.5. The van der Waals surface area contributed by atoms with Crippen LogP contribution in [0.1, 0.15) is 0 Å². The molecule has 0 aliphatic heterocycles. The second-order valence-electron chi connectivity index (χ2n) is 2.15. The van der Waals surface area contributed by atoms with Gasteiger partial charge in [0.25, 0.3) is 0 Å². The molecule has 0 unspecified atom stereocenters. The molecule has 0 saturated carbocycles. The van der Waals surface area contributed by atoms with Crippen LogP contribution >= 0.6 is 0 Å². The fraction of sp³-hybridized carbons (Fsp3) is 0. The Kier molecular flexibility index (Phi) is 11.0. The number of rotatable bonds is 0. The van der Waals surface area contributed by atoms with E-state index in [1.54, 1.807) is 0 Å². The zero-order valence-corrected chi connectivity index (χ0v) is 9.05. The van der Waals surface area contributed by atoms with Crippen molar-refractivity contribution in [2.45, 2.75) is 0 Å². The maximum Gasteiger partial charge on any atom is -0.171 e. The van der Waals surface area contributed by atoms with Gasteiger partial charge in [-0.3, -0.25) is 0 Å². The van der Waals surface area contributed by atoms with Crippen LogP contribution < -0.4 is 0 Å². The average Bonchev–Trinajstić information content (AvgIpc) is 2.37. The minimum Gasteiger partial charge on any atom is -0.184 e. The van der Waals surface area contributed by atoms with Gasteiger partial charge >= 0.3 is 22.6 Å². The van der Waals surface area contributed by atoms with Crippen LogP contribution in [-0.2, 0) is 22.6 Å². The fourth-order valence-corrected chi connectivity index (χ4v) is 0.684. The van der Waals surface area contributed by atoms with Gasteiger partial charge in [0.2, 0.25) is 0 Å². The predicted octanol–water partition coefficient (Wildman–Crippen LogP) is 2.85. The van der Waals surface area contributed by atoms with Gasteiger partial charge in [-0.25, -0.2) is 0 Å². The molecule has 2 rings (SSSR count). The maximum atomic E-state index is 8.10. The summed E-state index contributed by atoms with van der Waals surface area (Å²) in [6.07, 6.45) is 0. The van der Waals surface area contributed by atoms with Crippen LogP contribution in [0.3, 0.4) is 0 Å². The van der Waals surface area contributed by atoms with Crippen molar-refractivity contribution < 1.29 is 22.6 Å². The summed E-state index contributed by atoms with van der Waals surface area (Å²) in [6.45, 7) is 0. The minimum atomic E-state index is 1.50. The Morgan fingerprint density at radius 3 is 0.929 bits per heavy atom. The third kappa shape index (κ3) is 8.99. The molecule has 0 atom stereocenters. The maximum absolute atomic E-state index is 8.10. The van der Waals surface area contributed by atoms with Crippen molar-refractivity contribution in [1.82, 2.24) is 0 Å². The molecule has 0 spiro atoms. The van der Waals surface area contributed by atoms with Gasteiger partial charge in [0.15, 0.2) is 0 Å². The molecule has 2 heteroatoms. The summed E-state index contributed by atoms with van der Waals surface area (Å²) in [4.78, 5) is 0. The molecule has 76 valence electrons. The van der Waals surface area contributed by atoms with E-state index in [2.05, 4.69) is 12.1 Å². The molecule has 0 N–H and O–H groups in total. The third-order valence-corrected chi connectivity index (χ3v) is 1.21. The van der Waals surface area contributed by atoms with Crippen molar-refractivity contribution in [3.05, 3.63) is 72.8 Å². The number of hydrogen-bond donors (Lipinski definition) is 0. The van der Waals surface area contributed by atoms with Crippen molar-refractivity contribution in [3.8, 4) is 0 Å². The molecule has 1 nitrogen and oxygen atoms in total. The van der Waals surface area contributed by atoms with E-state index in [-0.39, 0.29) is 0 Å². The largest absolute Gasteiger partial charge is 0.184 e. The van der Waals surface area contributed by atoms with Gasteiger partial charge in [-0.05, 0) is 0 Å². The molecule has 0 fully saturated rings. The second kappa shape index (κ2) is 11.9. The van der Waals surface area contributed by atoms with Crippen molar-refractivity contribution in [1.29, 1.82) is 0 Å². The van der Waals surface area contributed by atoms with Gasteiger partial charge in [0, 0.05) is 0 Å². The molecule has 0 amide bonds. The van der Waals surface area contributed by atoms with Crippen molar-refractivity contribution >= 4 is 0 Å². The molecule has 0 aliphatic carbocycles. The van der Waals surface area contributed by atoms with E-state index in [1.807, 2.05) is 60.7 Å². The van der Waals surface area contributed by atoms with E-state index in [1.165, 1.54) is 19.2 Å². The first-order chi connectivity index (χ1) is 7.00. The third-order valence-electron chi connectivity index (χ3n) is 1.21. The Morgan fingerprint density at radius 1 is 0.571 bits per heavy atom. The molecule has 0 heterocycles. The number of hydrogen-bond acceptors (Lipinski definition) is 1. The normalized spacial score (nSPS) is 7.29. The first-order valence-electron chi connectivity index (χ1n) is 3.95. The summed E-state index contributed by atoms with van der Waals surface area (Å²) in [5.41, 5.74) is 0. The Morgan fingerprint density at radius 2 is 0.857 bits per heavy atom. The van der Waals surface area contributed by atoms with Gasteiger partial charge in [-0.1, -0.05) is 0 Å². The Balaban J connectivity index is 0.000000206. The summed E-state index contributed by atoms with van der Waals surface area (Å²) in [5.74, 6) is 0. The fourth-order valence-electron chi connectivity index (χ4n) is 0.684. The van der Waals surface area contributed by atoms with Gasteiger partial charge in [0.05, 0.1) is 0 Å². The van der Waals surface area contributed by atoms with Crippen LogP contribution in [0.2, 0.25) is 0 Å². The second-order valence-corrected chi connectivity index (χ2v) is 2.15. The van der Waals surface area contributed by atoms with Crippen LogP contribution in [0.5, 0.6) is 0 Å². The van der Waals surface area contributed by atoms with Crippen LogP contribution in [0, 0.1) is 12.1 Å². The van der Waals surface area contributed by atoms with E-state index in [9.17, 15) is 0 Å². The van der Waals surface area contributed by atoms with Crippen LogP contribution in [0.4, 0.5) is 0 Å². The molecular formula is C12H10OPd-2. The van der Waals surface area contributed by atoms with E-state index in [0.29, 0.717) is 0 Å². The summed E-state index contributed by atoms with van der Waals surface area (Å²) in [5, 5.41) is 0. The summed E-state index contributed by atoms with van der Waals surface area (Å²) in [6, 6.07) is 25.0. The van der Waals surface area contributed by atoms with E-state index >= 15 is 0 Å². The SMILES string of the molecule is [O]=[Pd].[c-]1ccccc1.[c-]1ccccc1. The Hall–Kier alpha value is -1.10. The molecule has 2 aromatic rings. The number of benzene rings is 2. The van der Waals surface area contributed by atoms with Crippen molar-refractivity contribution in [2.24, 2.45) is 0 Å². The predicted molar refractivity (Wildman–Crippen MR) is 51.2 cm³/mol. The monoisotopic (exact) mass is 276 g/mol. The molecular weight excluding hydrogens is 267 g/mol. The zero-order valence-electron chi connectivity index (χ0n) is 7.50. The standard InChI is InChI=1S/2C6H5.O.Pd/c2*1-2-4-6-5-3-1;;/h2*1-5H;;/q2*-1;;. The van der Waals surface area contributed by atoms with Gasteiger partial charge in [0.1, 0.15) is 0 Å². The van der Waals surface area contributed by atoms with E-state index in [0.717, 1.165) is 0 Å². The van der Waals surface area contributed by atoms with E-state index in [4.69, 9.17) is 3.47 Å². The molecule has 0 aromatic heterocycles. The van der Waals surface area contributed by atoms with Gasteiger partial charge in [-0.15, -0.1) is 0 Å². The van der Waals surface area contributed by atoms with Crippen LogP contribution in [-0.4, -0.2) is 0 Å². The van der Waals surface area contributed by atoms with Crippen molar-refractivity contribution in [2.75, 3.05) is 0 Å². The van der Waals surface area contributed by atoms with Crippen LogP contribution in [0.15, 0.2) is 60.7 Å². The van der Waals surface area contributed by atoms with Crippen LogP contribution in [0.25, 0.3) is 0 Å². The van der Waals surface area contributed by atoms with Gasteiger partial charge < -0.3 is 0 Å². The molecule has 0 radical (unpaired) electrons. The topological polar surface area (TPSA) is 17.1 Å².